The Morgan fingerprint density at radius 3 is 2.56 bits per heavy atom. The van der Waals surface area contributed by atoms with Crippen LogP contribution in [0.1, 0.15) is 20.3 Å². The molecule has 0 aliphatic heterocycles. The zero-order valence-electron chi connectivity index (χ0n) is 6.03. The van der Waals surface area contributed by atoms with Crippen molar-refractivity contribution in [2.45, 2.75) is 20.3 Å². The van der Waals surface area contributed by atoms with Gasteiger partial charge < -0.3 is 5.32 Å². The second-order valence-electron chi connectivity index (χ2n) is 2.04. The number of amides is 1. The van der Waals surface area contributed by atoms with Crippen molar-refractivity contribution in [1.82, 2.24) is 5.32 Å². The van der Waals surface area contributed by atoms with Gasteiger partial charge in [-0.05, 0) is 13.3 Å². The lowest BCUT2D eigenvalue weighted by Gasteiger charge is -1.99. The van der Waals surface area contributed by atoms with Gasteiger partial charge in [-0.25, -0.2) is 0 Å². The summed E-state index contributed by atoms with van der Waals surface area (Å²) in [5.41, 5.74) is 0.573. The number of carbonyl (C=O) groups excluding carboxylic acids is 1. The number of nitrogens with one attached hydrogen (secondary N) is 1. The molecule has 2 nitrogen and oxygen atoms in total. The van der Waals surface area contributed by atoms with E-state index in [0.29, 0.717) is 5.57 Å². The molecule has 0 fully saturated rings. The predicted molar refractivity (Wildman–Crippen MR) is 38.1 cm³/mol. The van der Waals surface area contributed by atoms with Crippen molar-refractivity contribution in [3.63, 3.8) is 0 Å². The van der Waals surface area contributed by atoms with Crippen LogP contribution in [0.15, 0.2) is 12.2 Å². The summed E-state index contributed by atoms with van der Waals surface area (Å²) in [4.78, 5) is 10.7. The summed E-state index contributed by atoms with van der Waals surface area (Å²) >= 11 is 0. The second-order valence-corrected chi connectivity index (χ2v) is 2.04. The highest BCUT2D eigenvalue weighted by Gasteiger charge is 1.96. The lowest BCUT2D eigenvalue weighted by Crippen LogP contribution is -2.24. The Morgan fingerprint density at radius 2 is 2.22 bits per heavy atom. The highest BCUT2D eigenvalue weighted by molar-refractivity contribution is 5.91. The summed E-state index contributed by atoms with van der Waals surface area (Å²) in [6.45, 7) is 7.95. The number of rotatable bonds is 3. The van der Waals surface area contributed by atoms with Crippen LogP contribution in [0, 0.1) is 0 Å². The molecule has 0 atom stereocenters. The Hall–Kier alpha value is -0.790. The molecule has 0 aromatic carbocycles. The fourth-order valence-electron chi connectivity index (χ4n) is 0.389. The van der Waals surface area contributed by atoms with Gasteiger partial charge in [-0.3, -0.25) is 4.79 Å². The molecule has 1 amide bonds. The molecule has 0 saturated carbocycles. The Morgan fingerprint density at radius 1 is 1.67 bits per heavy atom. The van der Waals surface area contributed by atoms with Gasteiger partial charge in [0, 0.05) is 12.1 Å². The van der Waals surface area contributed by atoms with Crippen molar-refractivity contribution in [1.29, 1.82) is 0 Å². The van der Waals surface area contributed by atoms with E-state index in [1.807, 2.05) is 6.92 Å². The zero-order valence-corrected chi connectivity index (χ0v) is 6.03. The normalized spacial score (nSPS) is 8.67. The maximum absolute atomic E-state index is 10.7. The van der Waals surface area contributed by atoms with Gasteiger partial charge >= 0.3 is 0 Å². The van der Waals surface area contributed by atoms with Gasteiger partial charge in [0.25, 0.3) is 0 Å². The zero-order chi connectivity index (χ0) is 7.28. The quantitative estimate of drug-likeness (QED) is 0.565. The largest absolute Gasteiger partial charge is 0.352 e. The first-order valence-corrected chi connectivity index (χ1v) is 3.12. The predicted octanol–water partition coefficient (Wildman–Crippen LogP) is 1.09. The van der Waals surface area contributed by atoms with Crippen LogP contribution in [0.2, 0.25) is 0 Å². The van der Waals surface area contributed by atoms with E-state index in [-0.39, 0.29) is 5.91 Å². The first kappa shape index (κ1) is 8.21. The molecular formula is C7H13NO. The van der Waals surface area contributed by atoms with Gasteiger partial charge in [-0.15, -0.1) is 0 Å². The molecule has 0 heterocycles. The molecule has 52 valence electrons. The van der Waals surface area contributed by atoms with E-state index in [2.05, 4.69) is 11.9 Å². The second kappa shape index (κ2) is 4.13. The molecule has 0 aliphatic carbocycles. The van der Waals surface area contributed by atoms with Gasteiger partial charge in [0.1, 0.15) is 0 Å². The number of hydrogen-bond acceptors (Lipinski definition) is 1. The highest BCUT2D eigenvalue weighted by atomic mass is 16.1. The van der Waals surface area contributed by atoms with Gasteiger partial charge in [0.05, 0.1) is 0 Å². The molecular weight excluding hydrogens is 114 g/mol. The first-order chi connectivity index (χ1) is 4.18. The summed E-state index contributed by atoms with van der Waals surface area (Å²) in [5, 5.41) is 2.69. The molecule has 0 aromatic rings. The van der Waals surface area contributed by atoms with Crippen LogP contribution in [0.5, 0.6) is 0 Å². The third-order valence-electron chi connectivity index (χ3n) is 0.923. The fraction of sp³-hybridized carbons (Fsp3) is 0.571. The summed E-state index contributed by atoms with van der Waals surface area (Å²) in [6.07, 6.45) is 0.971. The molecule has 1 N–H and O–H groups in total. The number of carbonyl (C=O) groups is 1. The molecule has 9 heavy (non-hydrogen) atoms. The first-order valence-electron chi connectivity index (χ1n) is 3.12. The van der Waals surface area contributed by atoms with Crippen molar-refractivity contribution >= 4 is 5.91 Å². The highest BCUT2D eigenvalue weighted by Crippen LogP contribution is 1.84. The third kappa shape index (κ3) is 3.76. The van der Waals surface area contributed by atoms with E-state index < -0.39 is 0 Å². The molecule has 0 rings (SSSR count). The minimum absolute atomic E-state index is 0.0446. The summed E-state index contributed by atoms with van der Waals surface area (Å²) in [5.74, 6) is -0.0446. The van der Waals surface area contributed by atoms with Crippen molar-refractivity contribution in [2.75, 3.05) is 6.54 Å². The minimum Gasteiger partial charge on any atom is -0.352 e. The smallest absolute Gasteiger partial charge is 0.246 e. The van der Waals surface area contributed by atoms with E-state index in [1.165, 1.54) is 0 Å². The molecule has 0 aliphatic rings. The van der Waals surface area contributed by atoms with Crippen LogP contribution in [0.4, 0.5) is 0 Å². The molecule has 0 aromatic heterocycles. The standard InChI is InChI=1S/C7H13NO/c1-4-5-8-7(9)6(2)3/h2,4-5H2,1,3H3,(H,8,9). The van der Waals surface area contributed by atoms with Crippen molar-refractivity contribution in [3.8, 4) is 0 Å². The molecule has 0 bridgehead atoms. The summed E-state index contributed by atoms with van der Waals surface area (Å²) in [7, 11) is 0. The maximum atomic E-state index is 10.7. The van der Waals surface area contributed by atoms with Crippen molar-refractivity contribution < 1.29 is 4.79 Å². The minimum atomic E-state index is -0.0446. The molecule has 0 spiro atoms. The van der Waals surface area contributed by atoms with Crippen LogP contribution in [0.3, 0.4) is 0 Å². The lowest BCUT2D eigenvalue weighted by atomic mass is 10.3. The molecule has 0 radical (unpaired) electrons. The Bertz CT molecular complexity index is 118. The molecule has 0 unspecified atom stereocenters. The Labute approximate surface area is 56.0 Å². The maximum Gasteiger partial charge on any atom is 0.246 e. The Balaban J connectivity index is 3.39. The van der Waals surface area contributed by atoms with E-state index in [9.17, 15) is 4.79 Å². The van der Waals surface area contributed by atoms with Gasteiger partial charge in [-0.2, -0.15) is 0 Å². The van der Waals surface area contributed by atoms with E-state index >= 15 is 0 Å². The van der Waals surface area contributed by atoms with Gasteiger partial charge in [-0.1, -0.05) is 13.5 Å². The SMILES string of the molecule is C=C(C)C(=O)NCCC. The van der Waals surface area contributed by atoms with E-state index in [4.69, 9.17) is 0 Å². The average Bonchev–Trinajstić information content (AvgIpc) is 1.82. The van der Waals surface area contributed by atoms with Gasteiger partial charge in [0.2, 0.25) is 5.91 Å². The molecule has 2 heteroatoms. The van der Waals surface area contributed by atoms with Crippen molar-refractivity contribution in [2.24, 2.45) is 0 Å². The van der Waals surface area contributed by atoms with Crippen LogP contribution in [0.25, 0.3) is 0 Å². The van der Waals surface area contributed by atoms with E-state index in [1.54, 1.807) is 6.92 Å². The van der Waals surface area contributed by atoms with Crippen LogP contribution >= 0.6 is 0 Å². The monoisotopic (exact) mass is 127 g/mol. The van der Waals surface area contributed by atoms with Crippen LogP contribution < -0.4 is 5.32 Å². The summed E-state index contributed by atoms with van der Waals surface area (Å²) in [6, 6.07) is 0. The molecule has 0 saturated heterocycles. The van der Waals surface area contributed by atoms with Crippen LogP contribution in [-0.2, 0) is 4.79 Å². The Kier molecular flexibility index (Phi) is 3.76. The summed E-state index contributed by atoms with van der Waals surface area (Å²) < 4.78 is 0. The third-order valence-corrected chi connectivity index (χ3v) is 0.923. The number of hydrogen-bond donors (Lipinski definition) is 1. The fourth-order valence-corrected chi connectivity index (χ4v) is 0.389. The average molecular weight is 127 g/mol. The van der Waals surface area contributed by atoms with Crippen LogP contribution in [-0.4, -0.2) is 12.5 Å². The topological polar surface area (TPSA) is 29.1 Å². The van der Waals surface area contributed by atoms with E-state index in [0.717, 1.165) is 13.0 Å². The van der Waals surface area contributed by atoms with Crippen molar-refractivity contribution in [3.05, 3.63) is 12.2 Å². The van der Waals surface area contributed by atoms with Gasteiger partial charge in [0.15, 0.2) is 0 Å². The lowest BCUT2D eigenvalue weighted by molar-refractivity contribution is -0.117.